The molecule has 5 nitrogen and oxygen atoms in total. The monoisotopic (exact) mass is 431 g/mol. The van der Waals surface area contributed by atoms with E-state index in [0.29, 0.717) is 30.8 Å². The zero-order valence-electron chi connectivity index (χ0n) is 14.2. The predicted molar refractivity (Wildman–Crippen MR) is 108 cm³/mol. The van der Waals surface area contributed by atoms with Crippen molar-refractivity contribution in [3.63, 3.8) is 0 Å². The Morgan fingerprint density at radius 1 is 1.31 bits per heavy atom. The second kappa shape index (κ2) is 9.90. The van der Waals surface area contributed by atoms with Crippen molar-refractivity contribution in [1.29, 1.82) is 5.26 Å². The van der Waals surface area contributed by atoms with Crippen LogP contribution in [-0.2, 0) is 6.54 Å². The number of nitrogens with zero attached hydrogens (tertiary/aromatic N) is 2. The minimum absolute atomic E-state index is 0.274. The first-order chi connectivity index (χ1) is 12.5. The minimum Gasteiger partial charge on any atom is -0.496 e. The fourth-order valence-corrected chi connectivity index (χ4v) is 2.95. The molecule has 0 saturated heterocycles. The Morgan fingerprint density at radius 2 is 2.04 bits per heavy atom. The van der Waals surface area contributed by atoms with Gasteiger partial charge in [-0.2, -0.15) is 5.26 Å². The van der Waals surface area contributed by atoms with Crippen molar-refractivity contribution < 1.29 is 9.53 Å². The van der Waals surface area contributed by atoms with Crippen LogP contribution in [0.25, 0.3) is 0 Å². The van der Waals surface area contributed by atoms with Crippen LogP contribution in [0.15, 0.2) is 53.0 Å². The summed E-state index contributed by atoms with van der Waals surface area (Å²) >= 11 is 8.76. The first-order valence-electron chi connectivity index (χ1n) is 7.90. The summed E-state index contributed by atoms with van der Waals surface area (Å²) in [6.45, 7) is 0.942. The molecule has 0 bridgehead atoms. The number of benzene rings is 2. The van der Waals surface area contributed by atoms with E-state index >= 15 is 0 Å². The number of thiocarbonyl (C=S) groups is 1. The molecule has 0 unspecified atom stereocenters. The number of carbonyl (C=O) groups is 1. The number of ether oxygens (including phenoxy) is 1. The van der Waals surface area contributed by atoms with E-state index in [4.69, 9.17) is 22.2 Å². The van der Waals surface area contributed by atoms with Crippen LogP contribution in [0.1, 0.15) is 22.3 Å². The molecule has 1 N–H and O–H groups in total. The number of rotatable bonds is 6. The fourth-order valence-electron chi connectivity index (χ4n) is 2.34. The summed E-state index contributed by atoms with van der Waals surface area (Å²) in [6, 6.07) is 17.0. The third kappa shape index (κ3) is 5.55. The van der Waals surface area contributed by atoms with Crippen molar-refractivity contribution in [3.05, 3.63) is 64.1 Å². The zero-order chi connectivity index (χ0) is 18.9. The Balaban J connectivity index is 2.14. The van der Waals surface area contributed by atoms with Crippen molar-refractivity contribution >= 4 is 39.2 Å². The number of carbonyl (C=O) groups excluding carboxylic acids is 1. The van der Waals surface area contributed by atoms with E-state index in [1.165, 1.54) is 7.11 Å². The third-order valence-electron chi connectivity index (χ3n) is 3.62. The van der Waals surface area contributed by atoms with Gasteiger partial charge in [-0.05, 0) is 36.0 Å². The first-order valence-corrected chi connectivity index (χ1v) is 9.10. The van der Waals surface area contributed by atoms with Gasteiger partial charge in [-0.3, -0.25) is 10.1 Å². The van der Waals surface area contributed by atoms with Gasteiger partial charge in [-0.1, -0.05) is 46.3 Å². The van der Waals surface area contributed by atoms with Gasteiger partial charge in [0.1, 0.15) is 5.75 Å². The Bertz CT molecular complexity index is 821. The van der Waals surface area contributed by atoms with Crippen LogP contribution >= 0.6 is 28.1 Å². The van der Waals surface area contributed by atoms with Crippen LogP contribution in [0.3, 0.4) is 0 Å². The quantitative estimate of drug-likeness (QED) is 0.702. The number of amides is 1. The number of hydrogen-bond acceptors (Lipinski definition) is 4. The van der Waals surface area contributed by atoms with E-state index in [1.54, 1.807) is 23.1 Å². The number of hydrogen-bond donors (Lipinski definition) is 1. The summed E-state index contributed by atoms with van der Waals surface area (Å²) in [5.41, 5.74) is 1.42. The predicted octanol–water partition coefficient (Wildman–Crippen LogP) is 3.89. The van der Waals surface area contributed by atoms with Gasteiger partial charge in [0.25, 0.3) is 5.91 Å². The molecule has 7 heteroatoms. The first kappa shape index (κ1) is 19.9. The molecule has 2 aromatic carbocycles. The lowest BCUT2D eigenvalue weighted by Crippen LogP contribution is -2.42. The van der Waals surface area contributed by atoms with Gasteiger partial charge in [0, 0.05) is 17.6 Å². The maximum atomic E-state index is 12.6. The van der Waals surface area contributed by atoms with Crippen molar-refractivity contribution in [2.45, 2.75) is 13.0 Å². The molecule has 0 heterocycles. The zero-order valence-corrected chi connectivity index (χ0v) is 16.6. The summed E-state index contributed by atoms with van der Waals surface area (Å²) in [4.78, 5) is 14.4. The average Bonchev–Trinajstić information content (AvgIpc) is 2.65. The van der Waals surface area contributed by atoms with Gasteiger partial charge < -0.3 is 9.64 Å². The van der Waals surface area contributed by atoms with Crippen molar-refractivity contribution in [2.75, 3.05) is 13.7 Å². The van der Waals surface area contributed by atoms with Gasteiger partial charge in [0.2, 0.25) is 0 Å². The largest absolute Gasteiger partial charge is 0.496 e. The Labute approximate surface area is 166 Å². The van der Waals surface area contributed by atoms with Gasteiger partial charge >= 0.3 is 0 Å². The van der Waals surface area contributed by atoms with Crippen LogP contribution in [0.4, 0.5) is 0 Å². The summed E-state index contributed by atoms with van der Waals surface area (Å²) in [5, 5.41) is 11.9. The molecule has 2 rings (SSSR count). The lowest BCUT2D eigenvalue weighted by molar-refractivity contribution is 0.0970. The van der Waals surface area contributed by atoms with E-state index in [2.05, 4.69) is 27.3 Å². The molecule has 0 aliphatic carbocycles. The highest BCUT2D eigenvalue weighted by Crippen LogP contribution is 2.23. The third-order valence-corrected chi connectivity index (χ3v) is 4.48. The summed E-state index contributed by atoms with van der Waals surface area (Å²) in [6.07, 6.45) is 0.309. The van der Waals surface area contributed by atoms with Crippen molar-refractivity contribution in [1.82, 2.24) is 10.2 Å². The van der Waals surface area contributed by atoms with Crippen molar-refractivity contribution in [2.24, 2.45) is 0 Å². The van der Waals surface area contributed by atoms with Crippen LogP contribution in [-0.4, -0.2) is 29.6 Å². The lowest BCUT2D eigenvalue weighted by atomic mass is 10.2. The summed E-state index contributed by atoms with van der Waals surface area (Å²) < 4.78 is 6.01. The molecule has 0 spiro atoms. The molecule has 2 aromatic rings. The number of halogens is 1. The molecular formula is C19H18BrN3O2S. The van der Waals surface area contributed by atoms with E-state index in [-0.39, 0.29) is 11.0 Å². The lowest BCUT2D eigenvalue weighted by Gasteiger charge is -2.24. The maximum absolute atomic E-state index is 12.6. The Kier molecular flexibility index (Phi) is 7.57. The molecule has 0 saturated carbocycles. The van der Waals surface area contributed by atoms with Gasteiger partial charge in [0.05, 0.1) is 25.2 Å². The molecule has 0 aromatic heterocycles. The molecule has 1 amide bonds. The average molecular weight is 432 g/mol. The van der Waals surface area contributed by atoms with E-state index in [9.17, 15) is 4.79 Å². The SMILES string of the molecule is COc1ccc(Br)cc1C(=O)NC(=S)N(CCC#N)Cc1ccccc1. The van der Waals surface area contributed by atoms with Crippen molar-refractivity contribution in [3.8, 4) is 11.8 Å². The van der Waals surface area contributed by atoms with E-state index < -0.39 is 0 Å². The molecule has 0 fully saturated rings. The molecule has 0 aliphatic heterocycles. The molecule has 0 aliphatic rings. The van der Waals surface area contributed by atoms with Crippen LogP contribution in [0.2, 0.25) is 0 Å². The molecule has 0 atom stereocenters. The van der Waals surface area contributed by atoms with Gasteiger partial charge in [0.15, 0.2) is 5.11 Å². The molecular weight excluding hydrogens is 414 g/mol. The van der Waals surface area contributed by atoms with E-state index in [1.807, 2.05) is 30.3 Å². The highest BCUT2D eigenvalue weighted by molar-refractivity contribution is 9.10. The summed E-state index contributed by atoms with van der Waals surface area (Å²) in [5.74, 6) is 0.100. The second-order valence-corrected chi connectivity index (χ2v) is 6.72. The Hall–Kier alpha value is -2.43. The molecule has 134 valence electrons. The molecule has 26 heavy (non-hydrogen) atoms. The minimum atomic E-state index is -0.358. The Morgan fingerprint density at radius 3 is 2.69 bits per heavy atom. The number of nitriles is 1. The highest BCUT2D eigenvalue weighted by Gasteiger charge is 2.17. The highest BCUT2D eigenvalue weighted by atomic mass is 79.9. The maximum Gasteiger partial charge on any atom is 0.261 e. The van der Waals surface area contributed by atoms with Crippen LogP contribution < -0.4 is 10.1 Å². The standard InChI is InChI=1S/C19H18BrN3O2S/c1-25-17-9-8-15(20)12-16(17)18(24)22-19(26)23(11-5-10-21)13-14-6-3-2-4-7-14/h2-4,6-9,12H,5,11,13H2,1H3,(H,22,24,26). The summed E-state index contributed by atoms with van der Waals surface area (Å²) in [7, 11) is 1.51. The number of methoxy groups -OCH3 is 1. The topological polar surface area (TPSA) is 65.4 Å². The van der Waals surface area contributed by atoms with E-state index in [0.717, 1.165) is 10.0 Å². The van der Waals surface area contributed by atoms with Crippen LogP contribution in [0.5, 0.6) is 5.75 Å². The molecule has 0 radical (unpaired) electrons. The smallest absolute Gasteiger partial charge is 0.261 e. The van der Waals surface area contributed by atoms with Crippen LogP contribution in [0, 0.1) is 11.3 Å². The van der Waals surface area contributed by atoms with Gasteiger partial charge in [-0.25, -0.2) is 0 Å². The fraction of sp³-hybridized carbons (Fsp3) is 0.211. The number of nitrogens with one attached hydrogen (secondary N) is 1. The normalized spacial score (nSPS) is 9.88. The second-order valence-electron chi connectivity index (χ2n) is 5.42. The van der Waals surface area contributed by atoms with Gasteiger partial charge in [-0.15, -0.1) is 0 Å².